The number of hydrogen-bond donors (Lipinski definition) is 2. The first kappa shape index (κ1) is 19.6. The molecule has 1 aliphatic rings. The van der Waals surface area contributed by atoms with Gasteiger partial charge in [0.05, 0.1) is 6.10 Å². The van der Waals surface area contributed by atoms with Gasteiger partial charge in [0.15, 0.2) is 5.96 Å². The molecule has 4 nitrogen and oxygen atoms in total. The highest BCUT2D eigenvalue weighted by Crippen LogP contribution is 2.16. The van der Waals surface area contributed by atoms with E-state index in [0.29, 0.717) is 6.10 Å². The Hall–Kier alpha value is -0.470. The normalized spacial score (nSPS) is 17.9. The van der Waals surface area contributed by atoms with Gasteiger partial charge in [-0.3, -0.25) is 4.99 Å². The molecule has 2 N–H and O–H groups in total. The maximum absolute atomic E-state index is 5.61. The van der Waals surface area contributed by atoms with Crippen molar-refractivity contribution in [1.29, 1.82) is 0 Å². The second kappa shape index (κ2) is 12.0. The molecule has 6 heteroatoms. The fraction of sp³-hybridized carbons (Fsp3) is 0.562. The first-order valence-electron chi connectivity index (χ1n) is 7.62. The summed E-state index contributed by atoms with van der Waals surface area (Å²) in [5.41, 5.74) is 0. The Morgan fingerprint density at radius 1 is 1.27 bits per heavy atom. The predicted octanol–water partition coefficient (Wildman–Crippen LogP) is 3.13. The van der Waals surface area contributed by atoms with E-state index in [2.05, 4.69) is 39.9 Å². The van der Waals surface area contributed by atoms with Gasteiger partial charge >= 0.3 is 0 Å². The summed E-state index contributed by atoms with van der Waals surface area (Å²) in [7, 11) is 1.81. The predicted molar refractivity (Wildman–Crippen MR) is 106 cm³/mol. The number of nitrogens with one attached hydrogen (secondary N) is 2. The van der Waals surface area contributed by atoms with E-state index >= 15 is 0 Å². The van der Waals surface area contributed by atoms with Crippen LogP contribution in [-0.4, -0.2) is 44.6 Å². The molecule has 1 unspecified atom stereocenters. The van der Waals surface area contributed by atoms with E-state index in [9.17, 15) is 0 Å². The van der Waals surface area contributed by atoms with Gasteiger partial charge in [0.25, 0.3) is 0 Å². The number of hydrogen-bond acceptors (Lipinski definition) is 3. The molecule has 0 radical (unpaired) electrons. The van der Waals surface area contributed by atoms with Gasteiger partial charge in [-0.2, -0.15) is 0 Å². The number of guanidine groups is 1. The van der Waals surface area contributed by atoms with Crippen molar-refractivity contribution in [3.63, 3.8) is 0 Å². The molecular weight excluding hydrogens is 409 g/mol. The van der Waals surface area contributed by atoms with E-state index in [1.807, 2.05) is 24.9 Å². The van der Waals surface area contributed by atoms with Crippen molar-refractivity contribution in [1.82, 2.24) is 10.6 Å². The minimum Gasteiger partial charge on any atom is -0.378 e. The van der Waals surface area contributed by atoms with Gasteiger partial charge in [-0.1, -0.05) is 18.2 Å². The number of thioether (sulfide) groups is 1. The van der Waals surface area contributed by atoms with Crippen LogP contribution >= 0.6 is 35.7 Å². The largest absolute Gasteiger partial charge is 0.378 e. The minimum atomic E-state index is 0. The first-order valence-corrected chi connectivity index (χ1v) is 8.61. The van der Waals surface area contributed by atoms with Crippen molar-refractivity contribution in [2.45, 2.75) is 30.3 Å². The van der Waals surface area contributed by atoms with Gasteiger partial charge in [0, 0.05) is 37.4 Å². The van der Waals surface area contributed by atoms with Gasteiger partial charge < -0.3 is 15.4 Å². The van der Waals surface area contributed by atoms with E-state index in [1.165, 1.54) is 17.7 Å². The Bertz CT molecular complexity index is 425. The van der Waals surface area contributed by atoms with Gasteiger partial charge in [-0.05, 0) is 31.4 Å². The molecule has 1 aromatic rings. The van der Waals surface area contributed by atoms with E-state index in [-0.39, 0.29) is 24.0 Å². The van der Waals surface area contributed by atoms with Crippen LogP contribution in [-0.2, 0) is 4.74 Å². The molecular formula is C16H26IN3OS. The number of aliphatic imine (C=N–C) groups is 1. The van der Waals surface area contributed by atoms with Crippen LogP contribution < -0.4 is 10.6 Å². The standard InChI is InChI=1S/C16H25N3OS.HI/c1-17-16(18-10-9-14-6-5-12-20-14)19-11-13-21-15-7-3-2-4-8-15;/h2-4,7-8,14H,5-6,9-13H2,1H3,(H2,17,18,19);1H. The Balaban J connectivity index is 0.00000242. The third kappa shape index (κ3) is 7.69. The number of rotatable bonds is 7. The lowest BCUT2D eigenvalue weighted by Gasteiger charge is -2.13. The smallest absolute Gasteiger partial charge is 0.191 e. The summed E-state index contributed by atoms with van der Waals surface area (Å²) in [5.74, 6) is 1.90. The minimum absolute atomic E-state index is 0. The number of ether oxygens (including phenoxy) is 1. The lowest BCUT2D eigenvalue weighted by Crippen LogP contribution is -2.39. The summed E-state index contributed by atoms with van der Waals surface area (Å²) >= 11 is 1.85. The topological polar surface area (TPSA) is 45.7 Å². The van der Waals surface area contributed by atoms with Crippen molar-refractivity contribution in [3.05, 3.63) is 30.3 Å². The molecule has 1 atom stereocenters. The molecule has 22 heavy (non-hydrogen) atoms. The van der Waals surface area contributed by atoms with Crippen molar-refractivity contribution in [2.24, 2.45) is 4.99 Å². The maximum atomic E-state index is 5.61. The average Bonchev–Trinajstić information content (AvgIpc) is 3.04. The SMILES string of the molecule is CN=C(NCCSc1ccccc1)NCCC1CCCO1.I. The molecule has 124 valence electrons. The van der Waals surface area contributed by atoms with Gasteiger partial charge in [0.1, 0.15) is 0 Å². The Labute approximate surface area is 154 Å². The summed E-state index contributed by atoms with van der Waals surface area (Å²) in [5, 5.41) is 6.69. The summed E-state index contributed by atoms with van der Waals surface area (Å²) in [4.78, 5) is 5.55. The zero-order valence-electron chi connectivity index (χ0n) is 13.1. The Morgan fingerprint density at radius 3 is 2.73 bits per heavy atom. The molecule has 1 aliphatic heterocycles. The third-order valence-electron chi connectivity index (χ3n) is 3.41. The van der Waals surface area contributed by atoms with E-state index < -0.39 is 0 Å². The van der Waals surface area contributed by atoms with Crippen LogP contribution in [0.3, 0.4) is 0 Å². The number of halogens is 1. The Kier molecular flexibility index (Phi) is 10.7. The summed E-state index contributed by atoms with van der Waals surface area (Å²) < 4.78 is 5.61. The fourth-order valence-corrected chi connectivity index (χ4v) is 3.09. The maximum Gasteiger partial charge on any atom is 0.191 e. The highest BCUT2D eigenvalue weighted by molar-refractivity contribution is 14.0. The van der Waals surface area contributed by atoms with E-state index in [1.54, 1.807) is 0 Å². The highest BCUT2D eigenvalue weighted by atomic mass is 127. The highest BCUT2D eigenvalue weighted by Gasteiger charge is 2.14. The first-order chi connectivity index (χ1) is 10.4. The molecule has 1 saturated heterocycles. The quantitative estimate of drug-likeness (QED) is 0.227. The van der Waals surface area contributed by atoms with Crippen LogP contribution in [0.25, 0.3) is 0 Å². The van der Waals surface area contributed by atoms with Crippen molar-refractivity contribution < 1.29 is 4.74 Å². The van der Waals surface area contributed by atoms with Crippen LogP contribution in [0.5, 0.6) is 0 Å². The molecule has 1 fully saturated rings. The second-order valence-corrected chi connectivity index (χ2v) is 6.18. The molecule has 0 aromatic heterocycles. The molecule has 0 aliphatic carbocycles. The number of nitrogens with zero attached hydrogens (tertiary/aromatic N) is 1. The van der Waals surface area contributed by atoms with Crippen molar-refractivity contribution >= 4 is 41.7 Å². The molecule has 1 aromatic carbocycles. The second-order valence-electron chi connectivity index (χ2n) is 5.01. The van der Waals surface area contributed by atoms with E-state index in [0.717, 1.165) is 37.8 Å². The lowest BCUT2D eigenvalue weighted by atomic mass is 10.2. The lowest BCUT2D eigenvalue weighted by molar-refractivity contribution is 0.105. The van der Waals surface area contributed by atoms with Crippen LogP contribution in [0.15, 0.2) is 40.2 Å². The molecule has 0 spiro atoms. The van der Waals surface area contributed by atoms with Gasteiger partial charge in [0.2, 0.25) is 0 Å². The van der Waals surface area contributed by atoms with Crippen LogP contribution in [0.4, 0.5) is 0 Å². The average molecular weight is 435 g/mol. The summed E-state index contributed by atoms with van der Waals surface area (Å²) in [6, 6.07) is 10.5. The Morgan fingerprint density at radius 2 is 2.05 bits per heavy atom. The summed E-state index contributed by atoms with van der Waals surface area (Å²) in [6.07, 6.45) is 3.89. The molecule has 0 saturated carbocycles. The zero-order valence-corrected chi connectivity index (χ0v) is 16.2. The zero-order chi connectivity index (χ0) is 14.8. The summed E-state index contributed by atoms with van der Waals surface area (Å²) in [6.45, 7) is 2.74. The monoisotopic (exact) mass is 435 g/mol. The fourth-order valence-electron chi connectivity index (χ4n) is 2.30. The van der Waals surface area contributed by atoms with Crippen LogP contribution in [0.2, 0.25) is 0 Å². The van der Waals surface area contributed by atoms with Crippen molar-refractivity contribution in [2.75, 3.05) is 32.5 Å². The molecule has 1 heterocycles. The van der Waals surface area contributed by atoms with Crippen molar-refractivity contribution in [3.8, 4) is 0 Å². The van der Waals surface area contributed by atoms with Gasteiger partial charge in [-0.25, -0.2) is 0 Å². The van der Waals surface area contributed by atoms with Crippen LogP contribution in [0, 0.1) is 0 Å². The van der Waals surface area contributed by atoms with Gasteiger partial charge in [-0.15, -0.1) is 35.7 Å². The molecule has 0 amide bonds. The molecule has 2 rings (SSSR count). The molecule has 0 bridgehead atoms. The van der Waals surface area contributed by atoms with Crippen LogP contribution in [0.1, 0.15) is 19.3 Å². The van der Waals surface area contributed by atoms with E-state index in [4.69, 9.17) is 4.74 Å². The number of benzene rings is 1. The third-order valence-corrected chi connectivity index (χ3v) is 4.43.